The van der Waals surface area contributed by atoms with Crippen LogP contribution < -0.4 is 5.32 Å². The zero-order chi connectivity index (χ0) is 15.5. The highest BCUT2D eigenvalue weighted by Gasteiger charge is 2.37. The van der Waals surface area contributed by atoms with Gasteiger partial charge in [-0.2, -0.15) is 0 Å². The monoisotopic (exact) mass is 294 g/mol. The number of likely N-dealkylation sites (tertiary alicyclic amines) is 1. The molecule has 0 bridgehead atoms. The van der Waals surface area contributed by atoms with E-state index in [1.165, 1.54) is 51.6 Å². The van der Waals surface area contributed by atoms with E-state index in [0.29, 0.717) is 5.41 Å². The van der Waals surface area contributed by atoms with Gasteiger partial charge in [0.15, 0.2) is 0 Å². The van der Waals surface area contributed by atoms with Crippen molar-refractivity contribution in [3.8, 4) is 0 Å². The van der Waals surface area contributed by atoms with Crippen LogP contribution in [0, 0.1) is 17.3 Å². The van der Waals surface area contributed by atoms with E-state index in [1.54, 1.807) is 0 Å². The highest BCUT2D eigenvalue weighted by Crippen LogP contribution is 2.41. The van der Waals surface area contributed by atoms with Crippen molar-refractivity contribution in [2.75, 3.05) is 19.6 Å². The van der Waals surface area contributed by atoms with Gasteiger partial charge in [-0.25, -0.2) is 0 Å². The summed E-state index contributed by atoms with van der Waals surface area (Å²) in [5, 5.41) is 3.79. The summed E-state index contributed by atoms with van der Waals surface area (Å²) in [6.07, 6.45) is 8.40. The van der Waals surface area contributed by atoms with Gasteiger partial charge in [-0.3, -0.25) is 0 Å². The molecule has 4 unspecified atom stereocenters. The van der Waals surface area contributed by atoms with Gasteiger partial charge < -0.3 is 10.2 Å². The van der Waals surface area contributed by atoms with Crippen molar-refractivity contribution in [3.05, 3.63) is 0 Å². The molecule has 1 heterocycles. The van der Waals surface area contributed by atoms with E-state index >= 15 is 0 Å². The van der Waals surface area contributed by atoms with E-state index in [-0.39, 0.29) is 0 Å². The maximum absolute atomic E-state index is 3.79. The van der Waals surface area contributed by atoms with E-state index < -0.39 is 0 Å². The molecular weight excluding hydrogens is 256 g/mol. The molecular formula is C19H38N2. The molecule has 1 aliphatic carbocycles. The molecule has 0 aromatic carbocycles. The van der Waals surface area contributed by atoms with Crippen molar-refractivity contribution in [2.24, 2.45) is 17.3 Å². The largest absolute Gasteiger partial charge is 0.314 e. The van der Waals surface area contributed by atoms with Gasteiger partial charge in [0.05, 0.1) is 0 Å². The number of hydrogen-bond acceptors (Lipinski definition) is 2. The fraction of sp³-hybridized carbons (Fsp3) is 1.00. The SMILES string of the molecule is CCNC1CCC(C(C)(C)C)CC1CN1CCCC1CC. The van der Waals surface area contributed by atoms with Crippen LogP contribution in [0.5, 0.6) is 0 Å². The Morgan fingerprint density at radius 1 is 1.10 bits per heavy atom. The first-order valence-electron chi connectivity index (χ1n) is 9.43. The predicted molar refractivity (Wildman–Crippen MR) is 92.6 cm³/mol. The smallest absolute Gasteiger partial charge is 0.0108 e. The van der Waals surface area contributed by atoms with Crippen molar-refractivity contribution in [3.63, 3.8) is 0 Å². The predicted octanol–water partition coefficient (Wildman–Crippen LogP) is 4.30. The van der Waals surface area contributed by atoms with Gasteiger partial charge >= 0.3 is 0 Å². The lowest BCUT2D eigenvalue weighted by atomic mass is 9.67. The van der Waals surface area contributed by atoms with Crippen molar-refractivity contribution in [2.45, 2.75) is 85.2 Å². The summed E-state index contributed by atoms with van der Waals surface area (Å²) in [6.45, 7) is 15.7. The Kier molecular flexibility index (Phi) is 6.14. The van der Waals surface area contributed by atoms with Crippen LogP contribution in [0.2, 0.25) is 0 Å². The molecule has 2 nitrogen and oxygen atoms in total. The number of nitrogens with zero attached hydrogens (tertiary/aromatic N) is 1. The zero-order valence-electron chi connectivity index (χ0n) is 15.1. The lowest BCUT2D eigenvalue weighted by Gasteiger charge is -2.44. The summed E-state index contributed by atoms with van der Waals surface area (Å²) in [4.78, 5) is 2.81. The van der Waals surface area contributed by atoms with Crippen LogP contribution in [0.25, 0.3) is 0 Å². The minimum Gasteiger partial charge on any atom is -0.314 e. The molecule has 2 fully saturated rings. The molecule has 0 radical (unpaired) electrons. The summed E-state index contributed by atoms with van der Waals surface area (Å²) < 4.78 is 0. The standard InChI is InChI=1S/C19H38N2/c1-6-17-9-8-12-21(17)14-15-13-16(19(3,4)5)10-11-18(15)20-7-2/h15-18,20H,6-14H2,1-5H3. The van der Waals surface area contributed by atoms with Crippen molar-refractivity contribution in [1.29, 1.82) is 0 Å². The second-order valence-corrected chi connectivity index (χ2v) is 8.50. The average molecular weight is 295 g/mol. The van der Waals surface area contributed by atoms with E-state index in [1.807, 2.05) is 0 Å². The first-order valence-corrected chi connectivity index (χ1v) is 9.43. The molecule has 124 valence electrons. The van der Waals surface area contributed by atoms with Crippen LogP contribution >= 0.6 is 0 Å². The van der Waals surface area contributed by atoms with E-state index in [4.69, 9.17) is 0 Å². The first-order chi connectivity index (χ1) is 9.95. The van der Waals surface area contributed by atoms with Gasteiger partial charge in [-0.15, -0.1) is 0 Å². The maximum Gasteiger partial charge on any atom is 0.0108 e. The molecule has 2 heteroatoms. The lowest BCUT2D eigenvalue weighted by Crippen LogP contribution is -2.48. The zero-order valence-corrected chi connectivity index (χ0v) is 15.1. The Labute approximate surface area is 133 Å². The summed E-state index contributed by atoms with van der Waals surface area (Å²) in [7, 11) is 0. The highest BCUT2D eigenvalue weighted by atomic mass is 15.2. The Hall–Kier alpha value is -0.0800. The van der Waals surface area contributed by atoms with Crippen LogP contribution in [0.4, 0.5) is 0 Å². The minimum atomic E-state index is 0.477. The fourth-order valence-electron chi connectivity index (χ4n) is 4.68. The maximum atomic E-state index is 3.79. The topological polar surface area (TPSA) is 15.3 Å². The van der Waals surface area contributed by atoms with Crippen LogP contribution in [-0.2, 0) is 0 Å². The molecule has 0 spiro atoms. The van der Waals surface area contributed by atoms with Gasteiger partial charge in [-0.1, -0.05) is 34.6 Å². The molecule has 2 rings (SSSR count). The summed E-state index contributed by atoms with van der Waals surface area (Å²) in [6, 6.07) is 1.62. The molecule has 2 aliphatic rings. The molecule has 0 amide bonds. The summed E-state index contributed by atoms with van der Waals surface area (Å²) >= 11 is 0. The molecule has 0 aromatic rings. The van der Waals surface area contributed by atoms with Gasteiger partial charge in [0.1, 0.15) is 0 Å². The van der Waals surface area contributed by atoms with Crippen LogP contribution in [0.1, 0.15) is 73.1 Å². The minimum absolute atomic E-state index is 0.477. The molecule has 1 N–H and O–H groups in total. The second-order valence-electron chi connectivity index (χ2n) is 8.50. The van der Waals surface area contributed by atoms with E-state index in [0.717, 1.165) is 30.5 Å². The fourth-order valence-corrected chi connectivity index (χ4v) is 4.68. The molecule has 4 atom stereocenters. The first kappa shape index (κ1) is 17.3. The van der Waals surface area contributed by atoms with E-state index in [2.05, 4.69) is 44.8 Å². The van der Waals surface area contributed by atoms with Crippen molar-refractivity contribution < 1.29 is 0 Å². The normalized spacial score (nSPS) is 35.3. The third-order valence-electron chi connectivity index (χ3n) is 6.11. The van der Waals surface area contributed by atoms with Gasteiger partial charge in [0.25, 0.3) is 0 Å². The average Bonchev–Trinajstić information content (AvgIpc) is 2.87. The molecule has 1 saturated heterocycles. The van der Waals surface area contributed by atoms with Crippen LogP contribution in [0.3, 0.4) is 0 Å². The quantitative estimate of drug-likeness (QED) is 0.813. The van der Waals surface area contributed by atoms with Gasteiger partial charge in [0, 0.05) is 18.6 Å². The molecule has 21 heavy (non-hydrogen) atoms. The van der Waals surface area contributed by atoms with E-state index in [9.17, 15) is 0 Å². The highest BCUT2D eigenvalue weighted by molar-refractivity contribution is 4.92. The number of nitrogens with one attached hydrogen (secondary N) is 1. The Bertz CT molecular complexity index is 307. The lowest BCUT2D eigenvalue weighted by molar-refractivity contribution is 0.0836. The summed E-state index contributed by atoms with van der Waals surface area (Å²) in [5.74, 6) is 1.76. The Morgan fingerprint density at radius 3 is 2.48 bits per heavy atom. The van der Waals surface area contributed by atoms with Gasteiger partial charge in [0.2, 0.25) is 0 Å². The van der Waals surface area contributed by atoms with Crippen molar-refractivity contribution >= 4 is 0 Å². The molecule has 1 saturated carbocycles. The summed E-state index contributed by atoms with van der Waals surface area (Å²) in [5.41, 5.74) is 0.477. The molecule has 1 aliphatic heterocycles. The Balaban J connectivity index is 2.00. The number of hydrogen-bond donors (Lipinski definition) is 1. The Morgan fingerprint density at radius 2 is 1.86 bits per heavy atom. The van der Waals surface area contributed by atoms with Crippen LogP contribution in [0.15, 0.2) is 0 Å². The molecule has 0 aromatic heterocycles. The third-order valence-corrected chi connectivity index (χ3v) is 6.11. The number of rotatable bonds is 5. The van der Waals surface area contributed by atoms with Crippen LogP contribution in [-0.4, -0.2) is 36.6 Å². The van der Waals surface area contributed by atoms with Gasteiger partial charge in [-0.05, 0) is 68.9 Å². The van der Waals surface area contributed by atoms with Crippen molar-refractivity contribution in [1.82, 2.24) is 10.2 Å². The second kappa shape index (κ2) is 7.46. The third kappa shape index (κ3) is 4.45.